The van der Waals surface area contributed by atoms with E-state index in [-0.39, 0.29) is 82.6 Å². The molecule has 3 unspecified atom stereocenters. The van der Waals surface area contributed by atoms with Gasteiger partial charge >= 0.3 is 27.7 Å². The average Bonchev–Trinajstić information content (AvgIpc) is 3.67. The van der Waals surface area contributed by atoms with E-state index in [0.29, 0.717) is 19.5 Å². The normalized spacial score (nSPS) is 45.2. The number of nitrogens with two attached hydrogens (primary N) is 1. The summed E-state index contributed by atoms with van der Waals surface area (Å²) in [5, 5.41) is 12.5. The van der Waals surface area contributed by atoms with E-state index in [4.69, 9.17) is 19.9 Å². The van der Waals surface area contributed by atoms with Crippen LogP contribution in [0.3, 0.4) is 0 Å². The van der Waals surface area contributed by atoms with E-state index in [1.54, 1.807) is 9.62 Å². The number of carbonyl (C=O) groups is 2. The fourth-order valence-corrected chi connectivity index (χ4v) is 14.7. The molecule has 4 N–H and O–H groups in total. The van der Waals surface area contributed by atoms with Crippen LogP contribution in [0.25, 0.3) is 0 Å². The van der Waals surface area contributed by atoms with Crippen LogP contribution in [0, 0.1) is 57.2 Å². The van der Waals surface area contributed by atoms with Gasteiger partial charge in [0, 0.05) is 44.1 Å². The predicted octanol–water partition coefficient (Wildman–Crippen LogP) is 5.23. The second-order valence-electron chi connectivity index (χ2n) is 20.1. The zero-order valence-electron chi connectivity index (χ0n) is 33.1. The number of halogens is 3. The molecular weight excluding hydrogens is 742 g/mol. The highest BCUT2D eigenvalue weighted by Gasteiger charge is 2.85. The molecule has 3 heterocycles. The Morgan fingerprint density at radius 3 is 2.27 bits per heavy atom. The van der Waals surface area contributed by atoms with Crippen molar-refractivity contribution in [1.82, 2.24) is 14.5 Å². The summed E-state index contributed by atoms with van der Waals surface area (Å²) in [6, 6.07) is 0. The standard InChI is InChI=1S/C39H61F3N4O8S/c1-21(2)29(54-32(48)45-14-7-15-45)24-16-22(3)28-30(52-24)31(47)38(43)26-9-8-25-34(4,5)27(10-11-36(25)20-37(26,36)13-12-35(28,38)6)53-33(49)46-18-23(19-46)17-44-55(50,51)39(40,41)42/h21-31,44,47H,7-20,43H2,1-6H3/t22-,24?,25+,26?,27+,28+,29-,30?,31+,35-,36-,37+,38+/m1/s1. The Hall–Kier alpha value is -1.88. The number of alkyl halides is 3. The van der Waals surface area contributed by atoms with Gasteiger partial charge in [-0.25, -0.2) is 22.7 Å². The van der Waals surface area contributed by atoms with E-state index in [0.717, 1.165) is 51.4 Å². The predicted molar refractivity (Wildman–Crippen MR) is 195 cm³/mol. The van der Waals surface area contributed by atoms with Crippen LogP contribution >= 0.6 is 0 Å². The Kier molecular flexibility index (Phi) is 9.30. The number of aliphatic hydroxyl groups is 1. The Bertz CT molecular complexity index is 1670. The summed E-state index contributed by atoms with van der Waals surface area (Å²) in [4.78, 5) is 29.3. The molecule has 0 aromatic heterocycles. The Morgan fingerprint density at radius 1 is 1.00 bits per heavy atom. The molecule has 3 aliphatic heterocycles. The van der Waals surface area contributed by atoms with Crippen molar-refractivity contribution >= 4 is 22.2 Å². The number of ether oxygens (including phenoxy) is 3. The zero-order valence-corrected chi connectivity index (χ0v) is 33.9. The summed E-state index contributed by atoms with van der Waals surface area (Å²) in [5.74, 6) is 0.300. The Labute approximate surface area is 323 Å². The number of carbonyl (C=O) groups excluding carboxylic acids is 2. The first-order valence-electron chi connectivity index (χ1n) is 20.6. The summed E-state index contributed by atoms with van der Waals surface area (Å²) in [5.41, 5.74) is 0.885. The first-order valence-corrected chi connectivity index (χ1v) is 22.1. The van der Waals surface area contributed by atoms with E-state index < -0.39 is 57.9 Å². The van der Waals surface area contributed by atoms with Gasteiger partial charge < -0.3 is 34.9 Å². The molecule has 16 heteroatoms. The number of fused-ring (bicyclic) bond motifs is 4. The summed E-state index contributed by atoms with van der Waals surface area (Å²) in [6.07, 6.45) is 4.81. The lowest BCUT2D eigenvalue weighted by Crippen LogP contribution is -2.70. The third-order valence-electron chi connectivity index (χ3n) is 17.0. The number of nitrogens with one attached hydrogen (secondary N) is 1. The van der Waals surface area contributed by atoms with Gasteiger partial charge in [-0.05, 0) is 104 Å². The quantitative estimate of drug-likeness (QED) is 0.313. The van der Waals surface area contributed by atoms with Crippen molar-refractivity contribution < 1.29 is 50.5 Å². The van der Waals surface area contributed by atoms with Crippen molar-refractivity contribution in [3.8, 4) is 0 Å². The third-order valence-corrected chi connectivity index (χ3v) is 18.1. The summed E-state index contributed by atoms with van der Waals surface area (Å²) in [7, 11) is -5.43. The Balaban J connectivity index is 0.944. The molecule has 8 fully saturated rings. The SMILES string of the molecule is CC(C)[C@@H](OC(=O)N1CCC1)C1C[C@@H](C)[C@H]2C(O1)[C@H](O)[C@@]1(N)C3CC[C@H]4C(C)(C)[C@@H](OC(=O)N5CC(CNS(=O)(=O)C(F)(F)F)C5)CC[C@@]45C[C@@]35CC[C@]21C. The summed E-state index contributed by atoms with van der Waals surface area (Å²) < 4.78 is 81.7. The molecule has 0 aromatic carbocycles. The molecule has 5 aliphatic carbocycles. The van der Waals surface area contributed by atoms with E-state index >= 15 is 0 Å². The number of rotatable bonds is 7. The number of hydrogen-bond acceptors (Lipinski definition) is 9. The molecule has 55 heavy (non-hydrogen) atoms. The maximum Gasteiger partial charge on any atom is 0.511 e. The molecule has 2 amide bonds. The molecule has 0 radical (unpaired) electrons. The molecule has 8 rings (SSSR count). The van der Waals surface area contributed by atoms with Crippen LogP contribution in [-0.4, -0.2) is 110 Å². The molecule has 2 spiro atoms. The highest BCUT2D eigenvalue weighted by atomic mass is 32.2. The fraction of sp³-hybridized carbons (Fsp3) is 0.949. The van der Waals surface area contributed by atoms with Gasteiger partial charge in [-0.15, -0.1) is 0 Å². The molecular formula is C39H61F3N4O8S. The lowest BCUT2D eigenvalue weighted by Gasteiger charge is -2.63. The van der Waals surface area contributed by atoms with Gasteiger partial charge in [-0.1, -0.05) is 41.5 Å². The molecule has 0 aromatic rings. The van der Waals surface area contributed by atoms with Crippen LogP contribution in [0.5, 0.6) is 0 Å². The minimum absolute atomic E-state index is 0.0186. The van der Waals surface area contributed by atoms with Crippen molar-refractivity contribution in [2.45, 2.75) is 141 Å². The monoisotopic (exact) mass is 802 g/mol. The molecule has 3 saturated heterocycles. The van der Waals surface area contributed by atoms with Crippen LogP contribution in [0.1, 0.15) is 99.3 Å². The van der Waals surface area contributed by atoms with Gasteiger partial charge in [0.1, 0.15) is 12.2 Å². The molecule has 0 bridgehead atoms. The van der Waals surface area contributed by atoms with Crippen molar-refractivity contribution in [3.05, 3.63) is 0 Å². The van der Waals surface area contributed by atoms with Crippen LogP contribution in [0.2, 0.25) is 0 Å². The number of likely N-dealkylation sites (tertiary alicyclic amines) is 2. The van der Waals surface area contributed by atoms with Gasteiger partial charge in [0.05, 0.1) is 23.9 Å². The minimum Gasteiger partial charge on any atom is -0.446 e. The van der Waals surface area contributed by atoms with Gasteiger partial charge in [-0.2, -0.15) is 13.2 Å². The second kappa shape index (κ2) is 12.8. The Morgan fingerprint density at radius 2 is 1.65 bits per heavy atom. The fourth-order valence-electron chi connectivity index (χ4n) is 14.0. The molecule has 12 nitrogen and oxygen atoms in total. The van der Waals surface area contributed by atoms with Crippen molar-refractivity contribution in [2.75, 3.05) is 32.7 Å². The van der Waals surface area contributed by atoms with Gasteiger partial charge in [0.15, 0.2) is 0 Å². The van der Waals surface area contributed by atoms with E-state index in [1.807, 2.05) is 0 Å². The van der Waals surface area contributed by atoms with Crippen molar-refractivity contribution in [1.29, 1.82) is 0 Å². The highest BCUT2D eigenvalue weighted by Crippen LogP contribution is 2.87. The molecule has 13 atom stereocenters. The topological polar surface area (TPSA) is 161 Å². The second-order valence-corrected chi connectivity index (χ2v) is 21.8. The number of sulfonamides is 1. The summed E-state index contributed by atoms with van der Waals surface area (Å²) >= 11 is 0. The number of nitrogens with zero attached hydrogens (tertiary/aromatic N) is 2. The van der Waals surface area contributed by atoms with Gasteiger partial charge in [0.25, 0.3) is 0 Å². The maximum absolute atomic E-state index is 13.3. The highest BCUT2D eigenvalue weighted by molar-refractivity contribution is 7.90. The lowest BCUT2D eigenvalue weighted by atomic mass is 9.43. The van der Waals surface area contributed by atoms with Gasteiger partial charge in [-0.3, -0.25) is 0 Å². The average molecular weight is 803 g/mol. The molecule has 5 saturated carbocycles. The molecule has 8 aliphatic rings. The van der Waals surface area contributed by atoms with Gasteiger partial charge in [0.2, 0.25) is 0 Å². The smallest absolute Gasteiger partial charge is 0.446 e. The van der Waals surface area contributed by atoms with Crippen LogP contribution in [0.4, 0.5) is 22.8 Å². The van der Waals surface area contributed by atoms with Crippen molar-refractivity contribution in [2.24, 2.45) is 62.9 Å². The largest absolute Gasteiger partial charge is 0.511 e. The van der Waals surface area contributed by atoms with Crippen molar-refractivity contribution in [3.63, 3.8) is 0 Å². The number of amides is 2. The van der Waals surface area contributed by atoms with Crippen LogP contribution < -0.4 is 10.5 Å². The lowest BCUT2D eigenvalue weighted by molar-refractivity contribution is -0.180. The first kappa shape index (κ1) is 39.9. The van der Waals surface area contributed by atoms with Crippen LogP contribution in [0.15, 0.2) is 0 Å². The van der Waals surface area contributed by atoms with Crippen LogP contribution in [-0.2, 0) is 24.2 Å². The minimum atomic E-state index is -5.43. The number of aliphatic hydroxyl groups excluding tert-OH is 1. The van der Waals surface area contributed by atoms with E-state index in [2.05, 4.69) is 41.5 Å². The first-order chi connectivity index (χ1) is 25.5. The number of hydrogen-bond donors (Lipinski definition) is 3. The third kappa shape index (κ3) is 5.58. The van der Waals surface area contributed by atoms with E-state index in [9.17, 15) is 36.3 Å². The molecule has 312 valence electrons. The maximum atomic E-state index is 13.3. The van der Waals surface area contributed by atoms with E-state index in [1.165, 1.54) is 4.90 Å². The zero-order chi connectivity index (χ0) is 39.9. The summed E-state index contributed by atoms with van der Waals surface area (Å²) in [6.45, 7) is 14.3.